The van der Waals surface area contributed by atoms with Gasteiger partial charge in [0.25, 0.3) is 0 Å². The lowest BCUT2D eigenvalue weighted by atomic mass is 9.80. The summed E-state index contributed by atoms with van der Waals surface area (Å²) in [6.45, 7) is 1.80. The fraction of sp³-hybridized carbons (Fsp3) is 0.667. The van der Waals surface area contributed by atoms with Crippen molar-refractivity contribution in [3.8, 4) is 0 Å². The van der Waals surface area contributed by atoms with E-state index in [1.165, 1.54) is 6.42 Å². The molecule has 0 spiro atoms. The van der Waals surface area contributed by atoms with Crippen LogP contribution >= 0.6 is 0 Å². The Morgan fingerprint density at radius 2 is 2.33 bits per heavy atom. The molecule has 18 heavy (non-hydrogen) atoms. The molecule has 3 rings (SSSR count). The van der Waals surface area contributed by atoms with Crippen molar-refractivity contribution in [2.45, 2.75) is 31.3 Å². The molecule has 6 nitrogen and oxygen atoms in total. The molecular formula is C12H19N5O. The van der Waals surface area contributed by atoms with E-state index in [4.69, 9.17) is 5.73 Å². The number of nitrogens with one attached hydrogen (secondary N) is 2. The normalized spacial score (nSPS) is 22.1. The number of amides is 1. The fourth-order valence-electron chi connectivity index (χ4n) is 2.37. The van der Waals surface area contributed by atoms with Crippen molar-refractivity contribution in [2.75, 3.05) is 18.4 Å². The summed E-state index contributed by atoms with van der Waals surface area (Å²) < 4.78 is 1.86. The molecule has 98 valence electrons. The van der Waals surface area contributed by atoms with E-state index in [1.807, 2.05) is 10.7 Å². The number of hydrogen-bond donors (Lipinski definition) is 3. The van der Waals surface area contributed by atoms with Crippen molar-refractivity contribution >= 4 is 11.7 Å². The van der Waals surface area contributed by atoms with E-state index in [1.54, 1.807) is 6.20 Å². The summed E-state index contributed by atoms with van der Waals surface area (Å²) in [6.07, 6.45) is 5.04. The Hall–Kier alpha value is -1.40. The van der Waals surface area contributed by atoms with Gasteiger partial charge in [-0.05, 0) is 18.8 Å². The molecular weight excluding hydrogens is 230 g/mol. The van der Waals surface area contributed by atoms with E-state index in [0.717, 1.165) is 31.7 Å². The van der Waals surface area contributed by atoms with E-state index < -0.39 is 0 Å². The molecule has 2 fully saturated rings. The molecule has 1 saturated carbocycles. The average Bonchev–Trinajstić information content (AvgIpc) is 2.61. The second kappa shape index (κ2) is 4.70. The Kier molecular flexibility index (Phi) is 3.05. The SMILES string of the molecule is NC(C(=O)Nc1ccnn1C1CNC1)C1CCC1. The van der Waals surface area contributed by atoms with Gasteiger partial charge in [-0.25, -0.2) is 4.68 Å². The number of nitrogens with two attached hydrogens (primary N) is 1. The molecule has 1 saturated heterocycles. The Labute approximate surface area is 106 Å². The van der Waals surface area contributed by atoms with Crippen molar-refractivity contribution in [1.29, 1.82) is 0 Å². The number of rotatable bonds is 4. The van der Waals surface area contributed by atoms with Crippen molar-refractivity contribution in [1.82, 2.24) is 15.1 Å². The summed E-state index contributed by atoms with van der Waals surface area (Å²) in [5, 5.41) is 10.3. The fourth-order valence-corrected chi connectivity index (χ4v) is 2.37. The zero-order chi connectivity index (χ0) is 12.5. The number of anilines is 1. The third kappa shape index (κ3) is 2.02. The van der Waals surface area contributed by atoms with Crippen molar-refractivity contribution in [2.24, 2.45) is 11.7 Å². The maximum Gasteiger partial charge on any atom is 0.242 e. The summed E-state index contributed by atoms with van der Waals surface area (Å²) in [7, 11) is 0. The minimum Gasteiger partial charge on any atom is -0.320 e. The van der Waals surface area contributed by atoms with Gasteiger partial charge in [0.15, 0.2) is 0 Å². The van der Waals surface area contributed by atoms with Gasteiger partial charge in [0, 0.05) is 19.2 Å². The van der Waals surface area contributed by atoms with E-state index in [-0.39, 0.29) is 11.9 Å². The Morgan fingerprint density at radius 1 is 1.56 bits per heavy atom. The zero-order valence-corrected chi connectivity index (χ0v) is 10.3. The van der Waals surface area contributed by atoms with Gasteiger partial charge in [-0.3, -0.25) is 4.79 Å². The highest BCUT2D eigenvalue weighted by Gasteiger charge is 2.30. The Balaban J connectivity index is 1.64. The number of aromatic nitrogens is 2. The molecule has 1 aromatic heterocycles. The van der Waals surface area contributed by atoms with Gasteiger partial charge < -0.3 is 16.4 Å². The highest BCUT2D eigenvalue weighted by molar-refractivity contribution is 5.94. The summed E-state index contributed by atoms with van der Waals surface area (Å²) in [5.74, 6) is 1.02. The first-order valence-corrected chi connectivity index (χ1v) is 6.56. The van der Waals surface area contributed by atoms with Crippen LogP contribution in [0.1, 0.15) is 25.3 Å². The first-order chi connectivity index (χ1) is 8.75. The molecule has 1 aliphatic carbocycles. The summed E-state index contributed by atoms with van der Waals surface area (Å²) in [6, 6.07) is 1.78. The van der Waals surface area contributed by atoms with Crippen molar-refractivity contribution in [3.63, 3.8) is 0 Å². The van der Waals surface area contributed by atoms with E-state index in [9.17, 15) is 4.79 Å². The van der Waals surface area contributed by atoms with Gasteiger partial charge in [0.1, 0.15) is 5.82 Å². The smallest absolute Gasteiger partial charge is 0.242 e. The van der Waals surface area contributed by atoms with Gasteiger partial charge in [-0.15, -0.1) is 0 Å². The highest BCUT2D eigenvalue weighted by Crippen LogP contribution is 2.29. The maximum atomic E-state index is 12.0. The zero-order valence-electron chi connectivity index (χ0n) is 10.3. The van der Waals surface area contributed by atoms with Crippen LogP contribution in [0.25, 0.3) is 0 Å². The molecule has 0 bridgehead atoms. The van der Waals surface area contributed by atoms with Crippen LogP contribution < -0.4 is 16.4 Å². The quantitative estimate of drug-likeness (QED) is 0.706. The van der Waals surface area contributed by atoms with Gasteiger partial charge >= 0.3 is 0 Å². The lowest BCUT2D eigenvalue weighted by molar-refractivity contribution is -0.119. The Morgan fingerprint density at radius 3 is 2.89 bits per heavy atom. The Bertz CT molecular complexity index is 435. The molecule has 1 unspecified atom stereocenters. The molecule has 1 aromatic rings. The number of nitrogens with zero attached hydrogens (tertiary/aromatic N) is 2. The largest absolute Gasteiger partial charge is 0.320 e. The number of carbonyl (C=O) groups is 1. The molecule has 1 amide bonds. The van der Waals surface area contributed by atoms with E-state index >= 15 is 0 Å². The monoisotopic (exact) mass is 249 g/mol. The van der Waals surface area contributed by atoms with Crippen LogP contribution in [0.15, 0.2) is 12.3 Å². The lowest BCUT2D eigenvalue weighted by Gasteiger charge is -2.31. The van der Waals surface area contributed by atoms with Gasteiger partial charge in [0.05, 0.1) is 18.3 Å². The van der Waals surface area contributed by atoms with Crippen LogP contribution in [-0.4, -0.2) is 34.8 Å². The molecule has 0 radical (unpaired) electrons. The molecule has 4 N–H and O–H groups in total. The molecule has 1 atom stereocenters. The standard InChI is InChI=1S/C12H19N5O/c13-11(8-2-1-3-8)12(18)16-10-4-5-15-17(10)9-6-14-7-9/h4-5,8-9,11,14H,1-3,6-7,13H2,(H,16,18). The predicted molar refractivity (Wildman–Crippen MR) is 68.1 cm³/mol. The summed E-state index contributed by atoms with van der Waals surface area (Å²) in [4.78, 5) is 12.0. The van der Waals surface area contributed by atoms with Crippen LogP contribution in [0.4, 0.5) is 5.82 Å². The number of carbonyl (C=O) groups excluding carboxylic acids is 1. The van der Waals surface area contributed by atoms with Crippen LogP contribution in [0.5, 0.6) is 0 Å². The second-order valence-electron chi connectivity index (χ2n) is 5.18. The highest BCUT2D eigenvalue weighted by atomic mass is 16.2. The third-order valence-corrected chi connectivity index (χ3v) is 3.99. The van der Waals surface area contributed by atoms with E-state index in [2.05, 4.69) is 15.7 Å². The summed E-state index contributed by atoms with van der Waals surface area (Å²) >= 11 is 0. The molecule has 2 aliphatic rings. The first kappa shape index (κ1) is 11.7. The molecule has 6 heteroatoms. The van der Waals surface area contributed by atoms with Gasteiger partial charge in [-0.2, -0.15) is 5.10 Å². The van der Waals surface area contributed by atoms with Gasteiger partial charge in [-0.1, -0.05) is 6.42 Å². The molecule has 0 aromatic carbocycles. The third-order valence-electron chi connectivity index (χ3n) is 3.99. The molecule has 1 aliphatic heterocycles. The topological polar surface area (TPSA) is 85.0 Å². The van der Waals surface area contributed by atoms with Crippen LogP contribution in [-0.2, 0) is 4.79 Å². The van der Waals surface area contributed by atoms with Crippen molar-refractivity contribution in [3.05, 3.63) is 12.3 Å². The van der Waals surface area contributed by atoms with Crippen LogP contribution in [0.2, 0.25) is 0 Å². The average molecular weight is 249 g/mol. The molecule has 2 heterocycles. The van der Waals surface area contributed by atoms with Crippen LogP contribution in [0.3, 0.4) is 0 Å². The predicted octanol–water partition coefficient (Wildman–Crippen LogP) is 0.0933. The van der Waals surface area contributed by atoms with Crippen molar-refractivity contribution < 1.29 is 4.79 Å². The van der Waals surface area contributed by atoms with E-state index in [0.29, 0.717) is 12.0 Å². The number of hydrogen-bond acceptors (Lipinski definition) is 4. The minimum atomic E-state index is -0.387. The summed E-state index contributed by atoms with van der Waals surface area (Å²) in [5.41, 5.74) is 5.96. The maximum absolute atomic E-state index is 12.0. The lowest BCUT2D eigenvalue weighted by Crippen LogP contribution is -2.46. The first-order valence-electron chi connectivity index (χ1n) is 6.56. The van der Waals surface area contributed by atoms with Crippen LogP contribution in [0, 0.1) is 5.92 Å². The minimum absolute atomic E-state index is 0.0891. The van der Waals surface area contributed by atoms with Gasteiger partial charge in [0.2, 0.25) is 5.91 Å². The second-order valence-corrected chi connectivity index (χ2v) is 5.18.